The predicted molar refractivity (Wildman–Crippen MR) is 60.2 cm³/mol. The lowest BCUT2D eigenvalue weighted by molar-refractivity contribution is 0.412. The molecule has 0 atom stereocenters. The maximum Gasteiger partial charge on any atom is 0.119 e. The molecule has 2 heteroatoms. The van der Waals surface area contributed by atoms with Gasteiger partial charge in [-0.2, -0.15) is 0 Å². The number of nitrogens with one attached hydrogen (secondary N) is 1. The van der Waals surface area contributed by atoms with E-state index in [1.807, 2.05) is 0 Å². The van der Waals surface area contributed by atoms with Crippen LogP contribution in [0.5, 0.6) is 5.75 Å². The van der Waals surface area contributed by atoms with Crippen LogP contribution >= 0.6 is 0 Å². The van der Waals surface area contributed by atoms with Crippen LogP contribution in [0.4, 0.5) is 0 Å². The van der Waals surface area contributed by atoms with Crippen molar-refractivity contribution in [2.24, 2.45) is 0 Å². The SMILES string of the molecule is COc1ccc2c(c1)C1(CC1)NCCC2. The summed E-state index contributed by atoms with van der Waals surface area (Å²) in [5, 5.41) is 3.68. The molecule has 1 aliphatic carbocycles. The van der Waals surface area contributed by atoms with Crippen molar-refractivity contribution in [3.05, 3.63) is 29.3 Å². The second kappa shape index (κ2) is 3.24. The summed E-state index contributed by atoms with van der Waals surface area (Å²) in [7, 11) is 1.74. The van der Waals surface area contributed by atoms with Crippen molar-refractivity contribution >= 4 is 0 Å². The predicted octanol–water partition coefficient (Wildman–Crippen LogP) is 2.22. The average molecular weight is 203 g/mol. The average Bonchev–Trinajstić information content (AvgIpc) is 3.07. The van der Waals surface area contributed by atoms with Crippen LogP contribution in [0.15, 0.2) is 18.2 Å². The Balaban J connectivity index is 2.08. The molecule has 1 saturated carbocycles. The molecule has 3 rings (SSSR count). The molecule has 0 saturated heterocycles. The molecule has 0 amide bonds. The monoisotopic (exact) mass is 203 g/mol. The van der Waals surface area contributed by atoms with Crippen LogP contribution in [0.25, 0.3) is 0 Å². The zero-order valence-electron chi connectivity index (χ0n) is 9.18. The molecule has 15 heavy (non-hydrogen) atoms. The topological polar surface area (TPSA) is 21.3 Å². The molecule has 0 bridgehead atoms. The summed E-state index contributed by atoms with van der Waals surface area (Å²) in [5.74, 6) is 0.990. The fourth-order valence-corrected chi connectivity index (χ4v) is 2.62. The van der Waals surface area contributed by atoms with Crippen LogP contribution in [-0.4, -0.2) is 13.7 Å². The highest BCUT2D eigenvalue weighted by Crippen LogP contribution is 2.48. The Hall–Kier alpha value is -1.02. The van der Waals surface area contributed by atoms with Gasteiger partial charge in [0.2, 0.25) is 0 Å². The summed E-state index contributed by atoms with van der Waals surface area (Å²) < 4.78 is 5.31. The van der Waals surface area contributed by atoms with Crippen molar-refractivity contribution in [3.63, 3.8) is 0 Å². The maximum atomic E-state index is 5.31. The highest BCUT2D eigenvalue weighted by molar-refractivity contribution is 5.44. The molecular weight excluding hydrogens is 186 g/mol. The fourth-order valence-electron chi connectivity index (χ4n) is 2.62. The molecule has 1 aromatic rings. The van der Waals surface area contributed by atoms with E-state index in [-0.39, 0.29) is 0 Å². The number of hydrogen-bond acceptors (Lipinski definition) is 2. The largest absolute Gasteiger partial charge is 0.497 e. The van der Waals surface area contributed by atoms with Gasteiger partial charge in [0.25, 0.3) is 0 Å². The highest BCUT2D eigenvalue weighted by atomic mass is 16.5. The minimum Gasteiger partial charge on any atom is -0.497 e. The van der Waals surface area contributed by atoms with E-state index < -0.39 is 0 Å². The molecule has 0 radical (unpaired) electrons. The van der Waals surface area contributed by atoms with Crippen molar-refractivity contribution in [2.75, 3.05) is 13.7 Å². The van der Waals surface area contributed by atoms with Gasteiger partial charge in [0.15, 0.2) is 0 Å². The first-order valence-electron chi connectivity index (χ1n) is 5.76. The molecule has 1 aromatic carbocycles. The van der Waals surface area contributed by atoms with E-state index in [1.54, 1.807) is 7.11 Å². The van der Waals surface area contributed by atoms with Gasteiger partial charge in [-0.05, 0) is 55.5 Å². The quantitative estimate of drug-likeness (QED) is 0.755. The van der Waals surface area contributed by atoms with E-state index in [1.165, 1.54) is 36.8 Å². The number of aryl methyl sites for hydroxylation is 1. The van der Waals surface area contributed by atoms with Crippen LogP contribution < -0.4 is 10.1 Å². The normalized spacial score (nSPS) is 21.9. The van der Waals surface area contributed by atoms with E-state index in [0.717, 1.165) is 12.3 Å². The van der Waals surface area contributed by atoms with Gasteiger partial charge in [0.1, 0.15) is 5.75 Å². The van der Waals surface area contributed by atoms with Gasteiger partial charge in [0, 0.05) is 5.54 Å². The first kappa shape index (κ1) is 9.22. The summed E-state index contributed by atoms with van der Waals surface area (Å²) in [4.78, 5) is 0. The van der Waals surface area contributed by atoms with Crippen molar-refractivity contribution in [3.8, 4) is 5.75 Å². The van der Waals surface area contributed by atoms with E-state index in [4.69, 9.17) is 4.74 Å². The summed E-state index contributed by atoms with van der Waals surface area (Å²) in [5.41, 5.74) is 3.30. The standard InChI is InChI=1S/C13H17NO/c1-15-11-5-4-10-3-2-8-14-13(6-7-13)12(10)9-11/h4-5,9,14H,2-3,6-8H2,1H3. The number of ether oxygens (including phenoxy) is 1. The molecule has 1 spiro atoms. The molecule has 2 nitrogen and oxygen atoms in total. The van der Waals surface area contributed by atoms with Crippen molar-refractivity contribution in [1.29, 1.82) is 0 Å². The van der Waals surface area contributed by atoms with Gasteiger partial charge in [-0.15, -0.1) is 0 Å². The van der Waals surface area contributed by atoms with Gasteiger partial charge in [-0.25, -0.2) is 0 Å². The van der Waals surface area contributed by atoms with Gasteiger partial charge in [-0.1, -0.05) is 6.07 Å². The second-order valence-electron chi connectivity index (χ2n) is 4.64. The van der Waals surface area contributed by atoms with Crippen LogP contribution in [0.3, 0.4) is 0 Å². The van der Waals surface area contributed by atoms with Crippen LogP contribution in [0, 0.1) is 0 Å². The lowest BCUT2D eigenvalue weighted by Gasteiger charge is -2.18. The molecule has 1 aliphatic heterocycles. The number of benzene rings is 1. The first-order chi connectivity index (χ1) is 7.34. The van der Waals surface area contributed by atoms with Gasteiger partial charge >= 0.3 is 0 Å². The van der Waals surface area contributed by atoms with Crippen molar-refractivity contribution in [2.45, 2.75) is 31.2 Å². The highest BCUT2D eigenvalue weighted by Gasteiger charge is 2.45. The Morgan fingerprint density at radius 3 is 2.93 bits per heavy atom. The number of fused-ring (bicyclic) bond motifs is 2. The van der Waals surface area contributed by atoms with Crippen LogP contribution in [0.1, 0.15) is 30.4 Å². The molecular formula is C13H17NO. The number of hydrogen-bond donors (Lipinski definition) is 1. The molecule has 0 aromatic heterocycles. The van der Waals surface area contributed by atoms with Gasteiger partial charge in [-0.3, -0.25) is 0 Å². The summed E-state index contributed by atoms with van der Waals surface area (Å²) in [6, 6.07) is 6.54. The third-order valence-corrected chi connectivity index (χ3v) is 3.67. The summed E-state index contributed by atoms with van der Waals surface area (Å²) in [6.45, 7) is 1.15. The third kappa shape index (κ3) is 1.44. The van der Waals surface area contributed by atoms with Gasteiger partial charge < -0.3 is 10.1 Å². The first-order valence-corrected chi connectivity index (χ1v) is 5.76. The van der Waals surface area contributed by atoms with E-state index >= 15 is 0 Å². The second-order valence-corrected chi connectivity index (χ2v) is 4.64. The Labute approximate surface area is 90.6 Å². The number of rotatable bonds is 1. The van der Waals surface area contributed by atoms with Crippen molar-refractivity contribution < 1.29 is 4.74 Å². The summed E-state index contributed by atoms with van der Waals surface area (Å²) in [6.07, 6.45) is 5.02. The molecule has 1 fully saturated rings. The zero-order valence-corrected chi connectivity index (χ0v) is 9.18. The third-order valence-electron chi connectivity index (χ3n) is 3.67. The molecule has 80 valence electrons. The molecule has 0 unspecified atom stereocenters. The Bertz CT molecular complexity index is 382. The molecule has 2 aliphatic rings. The van der Waals surface area contributed by atoms with Crippen LogP contribution in [-0.2, 0) is 12.0 Å². The fraction of sp³-hybridized carbons (Fsp3) is 0.538. The number of methoxy groups -OCH3 is 1. The van der Waals surface area contributed by atoms with Gasteiger partial charge in [0.05, 0.1) is 7.11 Å². The van der Waals surface area contributed by atoms with E-state index in [9.17, 15) is 0 Å². The van der Waals surface area contributed by atoms with Crippen LogP contribution in [0.2, 0.25) is 0 Å². The minimum atomic E-state index is 0.306. The zero-order chi connectivity index (χ0) is 10.3. The Kier molecular flexibility index (Phi) is 1.99. The Morgan fingerprint density at radius 1 is 1.33 bits per heavy atom. The lowest BCUT2D eigenvalue weighted by atomic mass is 9.97. The van der Waals surface area contributed by atoms with E-state index in [2.05, 4.69) is 23.5 Å². The van der Waals surface area contributed by atoms with Crippen molar-refractivity contribution in [1.82, 2.24) is 5.32 Å². The molecule has 1 heterocycles. The smallest absolute Gasteiger partial charge is 0.119 e. The Morgan fingerprint density at radius 2 is 2.20 bits per heavy atom. The lowest BCUT2D eigenvalue weighted by Crippen LogP contribution is -2.28. The maximum absolute atomic E-state index is 5.31. The molecule has 1 N–H and O–H groups in total. The summed E-state index contributed by atoms with van der Waals surface area (Å²) >= 11 is 0. The minimum absolute atomic E-state index is 0.306. The van der Waals surface area contributed by atoms with E-state index in [0.29, 0.717) is 5.54 Å².